The van der Waals surface area contributed by atoms with E-state index in [2.05, 4.69) is 0 Å². The highest BCUT2D eigenvalue weighted by atomic mass is 16.5. The van der Waals surface area contributed by atoms with Gasteiger partial charge in [0.05, 0.1) is 31.8 Å². The summed E-state index contributed by atoms with van der Waals surface area (Å²) < 4.78 is 18.0. The van der Waals surface area contributed by atoms with Crippen molar-refractivity contribution in [1.29, 1.82) is 0 Å². The number of carbonyl (C=O) groups is 1. The van der Waals surface area contributed by atoms with Gasteiger partial charge in [-0.15, -0.1) is 0 Å². The van der Waals surface area contributed by atoms with Crippen LogP contribution in [-0.4, -0.2) is 37.8 Å². The average molecular weight is 453 g/mol. The molecular weight excluding hydrogens is 420 g/mol. The van der Waals surface area contributed by atoms with Crippen LogP contribution in [0.2, 0.25) is 0 Å². The third-order valence-corrected chi connectivity index (χ3v) is 5.40. The zero-order chi connectivity index (χ0) is 24.1. The van der Waals surface area contributed by atoms with Crippen LogP contribution < -0.4 is 24.7 Å². The lowest BCUT2D eigenvalue weighted by molar-refractivity contribution is 0.0989. The lowest BCUT2D eigenvalue weighted by Crippen LogP contribution is -2.33. The molecule has 3 aromatic rings. The average Bonchev–Trinajstić information content (AvgIpc) is 2.81. The molecule has 0 fully saturated rings. The van der Waals surface area contributed by atoms with E-state index in [-0.39, 0.29) is 17.4 Å². The van der Waals surface area contributed by atoms with Gasteiger partial charge < -0.3 is 23.7 Å². The summed E-state index contributed by atoms with van der Waals surface area (Å²) in [6.45, 7) is 9.45. The van der Waals surface area contributed by atoms with Crippen LogP contribution in [0.3, 0.4) is 0 Å². The molecule has 0 N–H and O–H groups in total. The Kier molecular flexibility index (Phi) is 7.63. The molecule has 1 heterocycles. The lowest BCUT2D eigenvalue weighted by Gasteiger charge is -2.23. The molecule has 0 radical (unpaired) electrons. The van der Waals surface area contributed by atoms with E-state index in [1.807, 2.05) is 52.0 Å². The topological polar surface area (TPSA) is 70.0 Å². The van der Waals surface area contributed by atoms with E-state index in [1.165, 1.54) is 14.2 Å². The number of amides is 1. The summed E-state index contributed by atoms with van der Waals surface area (Å²) in [6.07, 6.45) is 1.66. The van der Waals surface area contributed by atoms with Crippen molar-refractivity contribution >= 4 is 22.4 Å². The highest BCUT2D eigenvalue weighted by Gasteiger charge is 2.23. The minimum Gasteiger partial charge on any atom is -0.494 e. The second kappa shape index (κ2) is 10.4. The van der Waals surface area contributed by atoms with E-state index in [0.29, 0.717) is 47.5 Å². The molecule has 3 rings (SSSR count). The van der Waals surface area contributed by atoms with E-state index in [1.54, 1.807) is 27.8 Å². The Morgan fingerprint density at radius 2 is 1.61 bits per heavy atom. The Labute approximate surface area is 194 Å². The zero-order valence-electron chi connectivity index (χ0n) is 20.2. The van der Waals surface area contributed by atoms with Crippen molar-refractivity contribution in [2.24, 2.45) is 5.92 Å². The molecule has 2 aromatic carbocycles. The van der Waals surface area contributed by atoms with Crippen LogP contribution in [0.4, 0.5) is 5.69 Å². The summed E-state index contributed by atoms with van der Waals surface area (Å²) >= 11 is 0. The molecule has 7 nitrogen and oxygen atoms in total. The van der Waals surface area contributed by atoms with Gasteiger partial charge in [0.25, 0.3) is 11.5 Å². The number of aromatic nitrogens is 1. The van der Waals surface area contributed by atoms with Gasteiger partial charge in [0, 0.05) is 30.4 Å². The maximum atomic E-state index is 13.8. The van der Waals surface area contributed by atoms with Gasteiger partial charge in [-0.1, -0.05) is 13.8 Å². The van der Waals surface area contributed by atoms with Gasteiger partial charge in [0.15, 0.2) is 11.5 Å². The number of benzene rings is 2. The Hall–Kier alpha value is -3.48. The molecule has 0 spiro atoms. The lowest BCUT2D eigenvalue weighted by atomic mass is 10.0. The van der Waals surface area contributed by atoms with E-state index >= 15 is 0 Å². The number of rotatable bonds is 9. The highest BCUT2D eigenvalue weighted by molar-refractivity contribution is 6.14. The third-order valence-electron chi connectivity index (χ3n) is 5.40. The van der Waals surface area contributed by atoms with Crippen molar-refractivity contribution in [3.8, 4) is 17.2 Å². The second-order valence-electron chi connectivity index (χ2n) is 8.12. The van der Waals surface area contributed by atoms with E-state index in [4.69, 9.17) is 14.2 Å². The fourth-order valence-electron chi connectivity index (χ4n) is 3.89. The minimum absolute atomic E-state index is 0.166. The van der Waals surface area contributed by atoms with Gasteiger partial charge in [-0.3, -0.25) is 9.59 Å². The van der Waals surface area contributed by atoms with Crippen LogP contribution in [-0.2, 0) is 6.54 Å². The SMILES string of the molecule is CCOc1ccc(N(CC)C(=O)c2cn(CC(C)C)c(=O)c3cc(OC)c(OC)cc23)cc1. The number of fused-ring (bicyclic) bond motifs is 1. The summed E-state index contributed by atoms with van der Waals surface area (Å²) in [4.78, 5) is 28.7. The molecule has 176 valence electrons. The first-order valence-corrected chi connectivity index (χ1v) is 11.2. The first-order chi connectivity index (χ1) is 15.8. The van der Waals surface area contributed by atoms with Gasteiger partial charge in [0.1, 0.15) is 5.75 Å². The van der Waals surface area contributed by atoms with Crippen LogP contribution in [0.1, 0.15) is 38.1 Å². The summed E-state index contributed by atoms with van der Waals surface area (Å²) in [5.74, 6) is 1.69. The van der Waals surface area contributed by atoms with Gasteiger partial charge in [-0.05, 0) is 56.2 Å². The quantitative estimate of drug-likeness (QED) is 0.469. The number of pyridine rings is 1. The standard InChI is InChI=1S/C26H32N2O5/c1-7-28(18-9-11-19(12-10-18)33-8-2)26(30)22-16-27(15-17(3)4)25(29)21-14-24(32-6)23(31-5)13-20(21)22/h9-14,16-17H,7-8,15H2,1-6H3. The number of ether oxygens (including phenoxy) is 3. The van der Waals surface area contributed by atoms with Crippen LogP contribution in [0.15, 0.2) is 47.4 Å². The Balaban J connectivity index is 2.20. The number of carbonyl (C=O) groups excluding carboxylic acids is 1. The molecule has 0 saturated carbocycles. The van der Waals surface area contributed by atoms with Crippen molar-refractivity contribution in [1.82, 2.24) is 4.57 Å². The monoisotopic (exact) mass is 452 g/mol. The molecule has 0 bridgehead atoms. The predicted molar refractivity (Wildman–Crippen MR) is 131 cm³/mol. The summed E-state index contributed by atoms with van der Waals surface area (Å²) in [7, 11) is 3.06. The third kappa shape index (κ3) is 4.97. The summed E-state index contributed by atoms with van der Waals surface area (Å²) in [5, 5.41) is 0.953. The Morgan fingerprint density at radius 1 is 1.00 bits per heavy atom. The molecule has 0 aliphatic carbocycles. The van der Waals surface area contributed by atoms with Crippen LogP contribution >= 0.6 is 0 Å². The fourth-order valence-corrected chi connectivity index (χ4v) is 3.89. The van der Waals surface area contributed by atoms with E-state index in [0.717, 1.165) is 11.4 Å². The number of hydrogen-bond donors (Lipinski definition) is 0. The molecule has 0 unspecified atom stereocenters. The number of methoxy groups -OCH3 is 2. The normalized spacial score (nSPS) is 11.0. The van der Waals surface area contributed by atoms with E-state index < -0.39 is 0 Å². The Morgan fingerprint density at radius 3 is 2.12 bits per heavy atom. The molecule has 7 heteroatoms. The van der Waals surface area contributed by atoms with Crippen molar-refractivity contribution < 1.29 is 19.0 Å². The van der Waals surface area contributed by atoms with Crippen molar-refractivity contribution in [3.05, 3.63) is 58.5 Å². The first kappa shape index (κ1) is 24.2. The minimum atomic E-state index is -0.198. The second-order valence-corrected chi connectivity index (χ2v) is 8.12. The van der Waals surface area contributed by atoms with Crippen LogP contribution in [0, 0.1) is 5.92 Å². The summed E-state index contributed by atoms with van der Waals surface area (Å²) in [6, 6.07) is 10.8. The maximum absolute atomic E-state index is 13.8. The molecule has 0 atom stereocenters. The molecule has 1 aromatic heterocycles. The van der Waals surface area contributed by atoms with Gasteiger partial charge in [-0.2, -0.15) is 0 Å². The van der Waals surface area contributed by atoms with Gasteiger partial charge >= 0.3 is 0 Å². The zero-order valence-corrected chi connectivity index (χ0v) is 20.2. The number of hydrogen-bond acceptors (Lipinski definition) is 5. The van der Waals surface area contributed by atoms with Crippen molar-refractivity contribution in [2.75, 3.05) is 32.3 Å². The first-order valence-electron chi connectivity index (χ1n) is 11.2. The van der Waals surface area contributed by atoms with Crippen LogP contribution in [0.5, 0.6) is 17.2 Å². The van der Waals surface area contributed by atoms with Gasteiger partial charge in [0.2, 0.25) is 0 Å². The van der Waals surface area contributed by atoms with E-state index in [9.17, 15) is 9.59 Å². The molecule has 33 heavy (non-hydrogen) atoms. The molecule has 0 saturated heterocycles. The van der Waals surface area contributed by atoms with Gasteiger partial charge in [-0.25, -0.2) is 0 Å². The van der Waals surface area contributed by atoms with Crippen LogP contribution in [0.25, 0.3) is 10.8 Å². The van der Waals surface area contributed by atoms with Crippen molar-refractivity contribution in [3.63, 3.8) is 0 Å². The molecular formula is C26H32N2O5. The fraction of sp³-hybridized carbons (Fsp3) is 0.385. The maximum Gasteiger partial charge on any atom is 0.260 e. The predicted octanol–water partition coefficient (Wildman–Crippen LogP) is 4.74. The number of anilines is 1. The molecule has 0 aliphatic rings. The Bertz CT molecular complexity index is 1180. The number of nitrogens with zero attached hydrogens (tertiary/aromatic N) is 2. The van der Waals surface area contributed by atoms with Crippen molar-refractivity contribution in [2.45, 2.75) is 34.2 Å². The smallest absolute Gasteiger partial charge is 0.260 e. The summed E-state index contributed by atoms with van der Waals surface area (Å²) in [5.41, 5.74) is 1.02. The molecule has 1 amide bonds. The largest absolute Gasteiger partial charge is 0.494 e. The highest BCUT2D eigenvalue weighted by Crippen LogP contribution is 2.33. The molecule has 0 aliphatic heterocycles.